The fourth-order valence-corrected chi connectivity index (χ4v) is 2.93. The van der Waals surface area contributed by atoms with Crippen LogP contribution in [0.2, 0.25) is 0 Å². The molecule has 0 saturated heterocycles. The maximum atomic E-state index is 9.03. The van der Waals surface area contributed by atoms with Gasteiger partial charge in [-0.1, -0.05) is 12.1 Å². The molecule has 0 radical (unpaired) electrons. The second-order valence-corrected chi connectivity index (χ2v) is 6.23. The highest BCUT2D eigenvalue weighted by atomic mass is 79.9. The molecular weight excluding hydrogens is 326 g/mol. The molecule has 0 heterocycles. The topological polar surface area (TPSA) is 53.0 Å². The first kappa shape index (κ1) is 14.0. The van der Waals surface area contributed by atoms with E-state index in [1.807, 2.05) is 36.4 Å². The molecule has 1 aliphatic rings. The van der Waals surface area contributed by atoms with Crippen molar-refractivity contribution in [1.82, 2.24) is 0 Å². The molecule has 0 atom stereocenters. The number of hydrogen-bond acceptors (Lipinski definition) is 3. The summed E-state index contributed by atoms with van der Waals surface area (Å²) in [5, 5.41) is 9.03. The summed E-state index contributed by atoms with van der Waals surface area (Å²) in [4.78, 5) is 2.39. The Hall–Kier alpha value is -1.99. The van der Waals surface area contributed by atoms with Crippen LogP contribution in [0.3, 0.4) is 0 Å². The second-order valence-electron chi connectivity index (χ2n) is 5.38. The molecule has 1 saturated carbocycles. The number of hydrogen-bond donors (Lipinski definition) is 1. The monoisotopic (exact) mass is 341 g/mol. The van der Waals surface area contributed by atoms with Gasteiger partial charge in [0.2, 0.25) is 0 Å². The van der Waals surface area contributed by atoms with Gasteiger partial charge in [-0.2, -0.15) is 5.26 Å². The lowest BCUT2D eigenvalue weighted by Gasteiger charge is -2.25. The Bertz CT molecular complexity index is 701. The van der Waals surface area contributed by atoms with Crippen molar-refractivity contribution >= 4 is 27.3 Å². The first-order chi connectivity index (χ1) is 10.2. The minimum atomic E-state index is 0.589. The molecule has 3 rings (SSSR count). The van der Waals surface area contributed by atoms with E-state index in [-0.39, 0.29) is 0 Å². The van der Waals surface area contributed by atoms with Crippen molar-refractivity contribution in [3.63, 3.8) is 0 Å². The lowest BCUT2D eigenvalue weighted by Crippen LogP contribution is -2.25. The quantitative estimate of drug-likeness (QED) is 0.852. The van der Waals surface area contributed by atoms with Crippen LogP contribution < -0.4 is 10.6 Å². The summed E-state index contributed by atoms with van der Waals surface area (Å²) in [7, 11) is 0. The van der Waals surface area contributed by atoms with E-state index in [4.69, 9.17) is 11.0 Å². The molecule has 2 N–H and O–H groups in total. The average molecular weight is 342 g/mol. The smallest absolute Gasteiger partial charge is 0.100 e. The van der Waals surface area contributed by atoms with Crippen LogP contribution in [0.15, 0.2) is 46.9 Å². The van der Waals surface area contributed by atoms with E-state index in [0.29, 0.717) is 11.6 Å². The van der Waals surface area contributed by atoms with Gasteiger partial charge in [0.15, 0.2) is 0 Å². The molecule has 0 bridgehead atoms. The summed E-state index contributed by atoms with van der Waals surface area (Å²) in [6, 6.07) is 16.7. The number of rotatable bonds is 4. The van der Waals surface area contributed by atoms with Gasteiger partial charge in [-0.25, -0.2) is 0 Å². The second kappa shape index (κ2) is 5.79. The molecule has 0 amide bonds. The zero-order chi connectivity index (χ0) is 14.8. The molecule has 4 heteroatoms. The van der Waals surface area contributed by atoms with Gasteiger partial charge >= 0.3 is 0 Å². The first-order valence-electron chi connectivity index (χ1n) is 6.98. The van der Waals surface area contributed by atoms with E-state index < -0.39 is 0 Å². The first-order valence-corrected chi connectivity index (χ1v) is 7.77. The SMILES string of the molecule is N#Cc1ccc(N(Cc2cccc(N)c2)C2CC2)cc1Br. The summed E-state index contributed by atoms with van der Waals surface area (Å²) >= 11 is 3.47. The Balaban J connectivity index is 1.88. The van der Waals surface area contributed by atoms with Gasteiger partial charge in [0, 0.05) is 28.4 Å². The van der Waals surface area contributed by atoms with Gasteiger partial charge in [0.1, 0.15) is 6.07 Å². The van der Waals surface area contributed by atoms with Gasteiger partial charge in [-0.15, -0.1) is 0 Å². The molecule has 0 spiro atoms. The summed E-state index contributed by atoms with van der Waals surface area (Å²) in [5.41, 5.74) is 9.68. The summed E-state index contributed by atoms with van der Waals surface area (Å²) in [6.45, 7) is 0.841. The van der Waals surface area contributed by atoms with Crippen LogP contribution in [-0.2, 0) is 6.54 Å². The molecular formula is C17H16BrN3. The van der Waals surface area contributed by atoms with Gasteiger partial charge in [-0.05, 0) is 64.7 Å². The summed E-state index contributed by atoms with van der Waals surface area (Å²) in [6.07, 6.45) is 2.44. The van der Waals surface area contributed by atoms with Crippen LogP contribution in [0.1, 0.15) is 24.0 Å². The molecule has 0 aromatic heterocycles. The largest absolute Gasteiger partial charge is 0.399 e. The maximum absolute atomic E-state index is 9.03. The Kier molecular flexibility index (Phi) is 3.85. The van der Waals surface area contributed by atoms with Crippen molar-refractivity contribution in [2.45, 2.75) is 25.4 Å². The minimum Gasteiger partial charge on any atom is -0.399 e. The minimum absolute atomic E-state index is 0.589. The lowest BCUT2D eigenvalue weighted by molar-refractivity contribution is 0.794. The van der Waals surface area contributed by atoms with E-state index in [0.717, 1.165) is 22.4 Å². The number of nitrogens with zero attached hydrogens (tertiary/aromatic N) is 2. The molecule has 0 aliphatic heterocycles. The van der Waals surface area contributed by atoms with Crippen molar-refractivity contribution in [3.05, 3.63) is 58.1 Å². The summed E-state index contributed by atoms with van der Waals surface area (Å²) in [5.74, 6) is 0. The van der Waals surface area contributed by atoms with Crippen LogP contribution in [0.5, 0.6) is 0 Å². The van der Waals surface area contributed by atoms with Crippen molar-refractivity contribution < 1.29 is 0 Å². The normalized spacial score (nSPS) is 13.7. The van der Waals surface area contributed by atoms with Crippen LogP contribution in [-0.4, -0.2) is 6.04 Å². The van der Waals surface area contributed by atoms with E-state index in [1.165, 1.54) is 18.4 Å². The van der Waals surface area contributed by atoms with Crippen molar-refractivity contribution in [3.8, 4) is 6.07 Å². The maximum Gasteiger partial charge on any atom is 0.100 e. The average Bonchev–Trinajstić information content (AvgIpc) is 3.29. The molecule has 3 nitrogen and oxygen atoms in total. The van der Waals surface area contributed by atoms with E-state index >= 15 is 0 Å². The Morgan fingerprint density at radius 3 is 2.67 bits per heavy atom. The number of nitrogen functional groups attached to an aromatic ring is 1. The predicted octanol–water partition coefficient (Wildman–Crippen LogP) is 4.07. The highest BCUT2D eigenvalue weighted by Crippen LogP contribution is 2.35. The van der Waals surface area contributed by atoms with Gasteiger partial charge in [0.05, 0.1) is 5.56 Å². The number of nitrogens with two attached hydrogens (primary N) is 1. The van der Waals surface area contributed by atoms with Gasteiger partial charge < -0.3 is 10.6 Å². The zero-order valence-electron chi connectivity index (χ0n) is 11.6. The third kappa shape index (κ3) is 3.20. The lowest BCUT2D eigenvalue weighted by atomic mass is 10.1. The van der Waals surface area contributed by atoms with Gasteiger partial charge in [-0.3, -0.25) is 0 Å². The van der Waals surface area contributed by atoms with Gasteiger partial charge in [0.25, 0.3) is 0 Å². The molecule has 1 aliphatic carbocycles. The van der Waals surface area contributed by atoms with Crippen molar-refractivity contribution in [2.24, 2.45) is 0 Å². The molecule has 106 valence electrons. The van der Waals surface area contributed by atoms with E-state index in [1.54, 1.807) is 0 Å². The van der Waals surface area contributed by atoms with E-state index in [2.05, 4.69) is 33.0 Å². The van der Waals surface area contributed by atoms with Crippen molar-refractivity contribution in [1.29, 1.82) is 5.26 Å². The highest BCUT2D eigenvalue weighted by molar-refractivity contribution is 9.10. The Morgan fingerprint density at radius 1 is 1.24 bits per heavy atom. The summed E-state index contributed by atoms with van der Waals surface area (Å²) < 4.78 is 0.848. The Morgan fingerprint density at radius 2 is 2.05 bits per heavy atom. The van der Waals surface area contributed by atoms with Crippen LogP contribution in [0.25, 0.3) is 0 Å². The molecule has 2 aromatic carbocycles. The zero-order valence-corrected chi connectivity index (χ0v) is 13.2. The number of halogens is 1. The standard InChI is InChI=1S/C17H16BrN3/c18-17-9-16(5-4-13(17)10-19)21(15-6-7-15)11-12-2-1-3-14(20)8-12/h1-5,8-9,15H,6-7,11,20H2. The number of benzene rings is 2. The van der Waals surface area contributed by atoms with Crippen molar-refractivity contribution in [2.75, 3.05) is 10.6 Å². The number of nitriles is 1. The number of anilines is 2. The fourth-order valence-electron chi connectivity index (χ4n) is 2.48. The van der Waals surface area contributed by atoms with Crippen LogP contribution >= 0.6 is 15.9 Å². The van der Waals surface area contributed by atoms with Crippen LogP contribution in [0, 0.1) is 11.3 Å². The third-order valence-electron chi connectivity index (χ3n) is 3.70. The Labute approximate surface area is 133 Å². The van der Waals surface area contributed by atoms with Crippen LogP contribution in [0.4, 0.5) is 11.4 Å². The highest BCUT2D eigenvalue weighted by Gasteiger charge is 2.29. The third-order valence-corrected chi connectivity index (χ3v) is 4.35. The fraction of sp³-hybridized carbons (Fsp3) is 0.235. The molecule has 0 unspecified atom stereocenters. The van der Waals surface area contributed by atoms with E-state index in [9.17, 15) is 0 Å². The predicted molar refractivity (Wildman–Crippen MR) is 88.9 cm³/mol. The molecule has 1 fully saturated rings. The molecule has 21 heavy (non-hydrogen) atoms. The molecule has 2 aromatic rings.